The zero-order chi connectivity index (χ0) is 13.1. The lowest BCUT2D eigenvalue weighted by atomic mass is 9.94. The van der Waals surface area contributed by atoms with E-state index in [4.69, 9.17) is 11.6 Å². The Bertz CT molecular complexity index is 549. The van der Waals surface area contributed by atoms with Crippen LogP contribution in [0.4, 0.5) is 0 Å². The highest BCUT2D eigenvalue weighted by molar-refractivity contribution is 6.32. The summed E-state index contributed by atoms with van der Waals surface area (Å²) in [5, 5.41) is 4.21. The number of aryl methyl sites for hydroxylation is 2. The van der Waals surface area contributed by atoms with Gasteiger partial charge in [0.05, 0.1) is 6.04 Å². The zero-order valence-corrected chi connectivity index (χ0v) is 11.8. The Morgan fingerprint density at radius 3 is 2.17 bits per heavy atom. The van der Waals surface area contributed by atoms with Gasteiger partial charge in [-0.2, -0.15) is 0 Å². The van der Waals surface area contributed by atoms with Crippen LogP contribution in [0.25, 0.3) is 0 Å². The summed E-state index contributed by atoms with van der Waals surface area (Å²) in [6.45, 7) is 4.17. The van der Waals surface area contributed by atoms with Crippen molar-refractivity contribution in [3.8, 4) is 0 Å². The Morgan fingerprint density at radius 2 is 1.50 bits per heavy atom. The Hall–Kier alpha value is -1.31. The van der Waals surface area contributed by atoms with Crippen LogP contribution >= 0.6 is 11.6 Å². The van der Waals surface area contributed by atoms with Crippen LogP contribution < -0.4 is 5.32 Å². The van der Waals surface area contributed by atoms with E-state index in [2.05, 4.69) is 48.6 Å². The minimum atomic E-state index is 0.138. The molecule has 1 N–H and O–H groups in total. The number of hydrogen-bond acceptors (Lipinski definition) is 1. The molecule has 2 aromatic carbocycles. The van der Waals surface area contributed by atoms with Gasteiger partial charge in [0.15, 0.2) is 0 Å². The lowest BCUT2D eigenvalue weighted by Crippen LogP contribution is -2.19. The van der Waals surface area contributed by atoms with Crippen LogP contribution in [0, 0.1) is 13.8 Å². The molecule has 0 amide bonds. The van der Waals surface area contributed by atoms with Crippen molar-refractivity contribution in [1.29, 1.82) is 0 Å². The second-order valence-electron chi connectivity index (χ2n) is 4.56. The molecule has 94 valence electrons. The number of benzene rings is 2. The normalized spacial score (nSPS) is 12.4. The topological polar surface area (TPSA) is 12.0 Å². The monoisotopic (exact) mass is 259 g/mol. The molecule has 0 aliphatic heterocycles. The molecule has 0 spiro atoms. The molecule has 2 heteroatoms. The molecule has 0 aliphatic carbocycles. The van der Waals surface area contributed by atoms with Crippen molar-refractivity contribution in [1.82, 2.24) is 5.32 Å². The van der Waals surface area contributed by atoms with Crippen molar-refractivity contribution in [2.45, 2.75) is 19.9 Å². The molecule has 0 aliphatic rings. The molecule has 0 bridgehead atoms. The van der Waals surface area contributed by atoms with Gasteiger partial charge in [0, 0.05) is 5.02 Å². The summed E-state index contributed by atoms with van der Waals surface area (Å²) in [5.41, 5.74) is 4.79. The smallest absolute Gasteiger partial charge is 0.0591 e. The van der Waals surface area contributed by atoms with E-state index in [-0.39, 0.29) is 6.04 Å². The summed E-state index contributed by atoms with van der Waals surface area (Å²) in [7, 11) is 1.97. The molecule has 0 saturated heterocycles. The highest BCUT2D eigenvalue weighted by atomic mass is 35.5. The lowest BCUT2D eigenvalue weighted by Gasteiger charge is -2.21. The molecule has 2 aromatic rings. The predicted octanol–water partition coefficient (Wildman–Crippen LogP) is 4.27. The molecular weight excluding hydrogens is 242 g/mol. The highest BCUT2D eigenvalue weighted by Crippen LogP contribution is 2.31. The maximum Gasteiger partial charge on any atom is 0.0591 e. The molecule has 0 fully saturated rings. The number of hydrogen-bond donors (Lipinski definition) is 1. The van der Waals surface area contributed by atoms with Gasteiger partial charge in [-0.05, 0) is 43.1 Å². The van der Waals surface area contributed by atoms with Crippen molar-refractivity contribution < 1.29 is 0 Å². The fourth-order valence-electron chi connectivity index (χ4n) is 2.28. The second-order valence-corrected chi connectivity index (χ2v) is 4.93. The van der Waals surface area contributed by atoms with E-state index in [0.717, 1.165) is 16.1 Å². The van der Waals surface area contributed by atoms with Gasteiger partial charge in [-0.1, -0.05) is 54.1 Å². The van der Waals surface area contributed by atoms with E-state index in [0.29, 0.717) is 0 Å². The molecule has 0 saturated carbocycles. The van der Waals surface area contributed by atoms with Gasteiger partial charge in [0.2, 0.25) is 0 Å². The Morgan fingerprint density at radius 1 is 0.889 bits per heavy atom. The molecular formula is C16H18ClN. The first-order chi connectivity index (χ1) is 8.65. The minimum absolute atomic E-state index is 0.138. The van der Waals surface area contributed by atoms with Crippen LogP contribution in [0.5, 0.6) is 0 Å². The summed E-state index contributed by atoms with van der Waals surface area (Å²) in [4.78, 5) is 0. The van der Waals surface area contributed by atoms with Crippen molar-refractivity contribution in [2.75, 3.05) is 7.05 Å². The summed E-state index contributed by atoms with van der Waals surface area (Å²) in [6.07, 6.45) is 0. The fraction of sp³-hybridized carbons (Fsp3) is 0.250. The maximum atomic E-state index is 6.43. The van der Waals surface area contributed by atoms with Crippen molar-refractivity contribution >= 4 is 11.6 Å². The summed E-state index contributed by atoms with van der Waals surface area (Å²) in [5.74, 6) is 0. The largest absolute Gasteiger partial charge is 0.309 e. The number of rotatable bonds is 3. The maximum absolute atomic E-state index is 6.43. The molecule has 18 heavy (non-hydrogen) atoms. The first-order valence-electron chi connectivity index (χ1n) is 6.13. The van der Waals surface area contributed by atoms with Crippen LogP contribution in [-0.2, 0) is 0 Å². The Balaban J connectivity index is 2.53. The minimum Gasteiger partial charge on any atom is -0.309 e. The van der Waals surface area contributed by atoms with E-state index in [1.165, 1.54) is 11.1 Å². The lowest BCUT2D eigenvalue weighted by molar-refractivity contribution is 0.687. The molecule has 2 rings (SSSR count). The van der Waals surface area contributed by atoms with Crippen molar-refractivity contribution in [3.05, 3.63) is 69.7 Å². The van der Waals surface area contributed by atoms with E-state index in [9.17, 15) is 0 Å². The van der Waals surface area contributed by atoms with Crippen LogP contribution in [-0.4, -0.2) is 7.05 Å². The first-order valence-corrected chi connectivity index (χ1v) is 6.50. The SMILES string of the molecule is CNC(c1ccccc1C)c1cccc(C)c1Cl. The Kier molecular flexibility index (Phi) is 4.05. The number of halogens is 1. The number of nitrogens with one attached hydrogen (secondary N) is 1. The van der Waals surface area contributed by atoms with Gasteiger partial charge in [-0.3, -0.25) is 0 Å². The third kappa shape index (κ3) is 2.43. The summed E-state index contributed by atoms with van der Waals surface area (Å²) >= 11 is 6.43. The van der Waals surface area contributed by atoms with Gasteiger partial charge in [-0.15, -0.1) is 0 Å². The molecule has 1 nitrogen and oxygen atoms in total. The van der Waals surface area contributed by atoms with Gasteiger partial charge in [-0.25, -0.2) is 0 Å². The van der Waals surface area contributed by atoms with Crippen molar-refractivity contribution in [3.63, 3.8) is 0 Å². The Labute approximate surface area is 114 Å². The third-order valence-electron chi connectivity index (χ3n) is 3.32. The average molecular weight is 260 g/mol. The zero-order valence-electron chi connectivity index (χ0n) is 11.0. The van der Waals surface area contributed by atoms with Gasteiger partial charge in [0.25, 0.3) is 0 Å². The highest BCUT2D eigenvalue weighted by Gasteiger charge is 2.17. The van der Waals surface area contributed by atoms with Crippen LogP contribution in [0.3, 0.4) is 0 Å². The predicted molar refractivity (Wildman–Crippen MR) is 78.3 cm³/mol. The summed E-state index contributed by atoms with van der Waals surface area (Å²) in [6, 6.07) is 14.7. The standard InChI is InChI=1S/C16H18ClN/c1-11-7-4-5-9-13(11)16(18-3)14-10-6-8-12(2)15(14)17/h4-10,16,18H,1-3H3. The van der Waals surface area contributed by atoms with Gasteiger partial charge in [0.1, 0.15) is 0 Å². The molecule has 1 atom stereocenters. The first kappa shape index (κ1) is 13.1. The van der Waals surface area contributed by atoms with Crippen molar-refractivity contribution in [2.24, 2.45) is 0 Å². The van der Waals surface area contributed by atoms with Crippen LogP contribution in [0.2, 0.25) is 5.02 Å². The van der Waals surface area contributed by atoms with E-state index < -0.39 is 0 Å². The van der Waals surface area contributed by atoms with Crippen LogP contribution in [0.15, 0.2) is 42.5 Å². The van der Waals surface area contributed by atoms with Crippen LogP contribution in [0.1, 0.15) is 28.3 Å². The van der Waals surface area contributed by atoms with E-state index in [1.54, 1.807) is 0 Å². The van der Waals surface area contributed by atoms with Gasteiger partial charge >= 0.3 is 0 Å². The fourth-order valence-corrected chi connectivity index (χ4v) is 2.52. The summed E-state index contributed by atoms with van der Waals surface area (Å²) < 4.78 is 0. The van der Waals surface area contributed by atoms with E-state index >= 15 is 0 Å². The van der Waals surface area contributed by atoms with Gasteiger partial charge < -0.3 is 5.32 Å². The molecule has 0 aromatic heterocycles. The van der Waals surface area contributed by atoms with E-state index in [1.807, 2.05) is 20.0 Å². The molecule has 1 unspecified atom stereocenters. The average Bonchev–Trinajstić information content (AvgIpc) is 2.37. The molecule has 0 heterocycles. The quantitative estimate of drug-likeness (QED) is 0.868. The third-order valence-corrected chi connectivity index (χ3v) is 3.84. The second kappa shape index (κ2) is 5.55. The molecule has 0 radical (unpaired) electrons.